The molecule has 0 aromatic carbocycles. The summed E-state index contributed by atoms with van der Waals surface area (Å²) in [6.45, 7) is 2.17. The van der Waals surface area contributed by atoms with Gasteiger partial charge in [-0.2, -0.15) is 0 Å². The van der Waals surface area contributed by atoms with Crippen LogP contribution in [-0.2, 0) is 6.42 Å². The third-order valence-corrected chi connectivity index (χ3v) is 3.53. The highest BCUT2D eigenvalue weighted by Gasteiger charge is 2.17. The van der Waals surface area contributed by atoms with Gasteiger partial charge in [0.1, 0.15) is 0 Å². The van der Waals surface area contributed by atoms with Crippen LogP contribution in [0, 0.1) is 0 Å². The van der Waals surface area contributed by atoms with Crippen LogP contribution in [0.15, 0.2) is 47.5 Å². The van der Waals surface area contributed by atoms with Gasteiger partial charge in [-0.1, -0.05) is 13.3 Å². The summed E-state index contributed by atoms with van der Waals surface area (Å²) in [5.41, 5.74) is 10.6. The second-order valence-electron chi connectivity index (χ2n) is 5.11. The van der Waals surface area contributed by atoms with E-state index in [0.717, 1.165) is 47.3 Å². The summed E-state index contributed by atoms with van der Waals surface area (Å²) >= 11 is 0. The first-order valence-corrected chi connectivity index (χ1v) is 7.39. The number of nitrogen functional groups attached to an aromatic ring is 1. The fourth-order valence-corrected chi connectivity index (χ4v) is 2.47. The average Bonchev–Trinajstić information content (AvgIpc) is 3.08. The smallest absolute Gasteiger partial charge is 0.221 e. The zero-order chi connectivity index (χ0) is 15.4. The molecule has 0 amide bonds. The first-order chi connectivity index (χ1) is 10.8. The fourth-order valence-electron chi connectivity index (χ4n) is 2.47. The first kappa shape index (κ1) is 14.3. The number of pyridine rings is 1. The maximum absolute atomic E-state index is 5.93. The quantitative estimate of drug-likeness (QED) is 0.775. The molecule has 3 rings (SSSR count). The van der Waals surface area contributed by atoms with Crippen molar-refractivity contribution in [3.05, 3.63) is 48.7 Å². The van der Waals surface area contributed by atoms with Gasteiger partial charge >= 0.3 is 0 Å². The normalized spacial score (nSPS) is 10.8. The molecule has 0 aliphatic heterocycles. The number of aromatic nitrogens is 3. The minimum Gasteiger partial charge on any atom is -0.472 e. The molecule has 3 heterocycles. The number of hydrogen-bond acceptors (Lipinski definition) is 5. The Hall–Kier alpha value is -2.69. The van der Waals surface area contributed by atoms with Gasteiger partial charge in [0.25, 0.3) is 0 Å². The minimum atomic E-state index is 0.260. The molecule has 0 fully saturated rings. The highest BCUT2D eigenvalue weighted by molar-refractivity contribution is 5.74. The van der Waals surface area contributed by atoms with Gasteiger partial charge in [0.2, 0.25) is 5.95 Å². The molecule has 22 heavy (non-hydrogen) atoms. The van der Waals surface area contributed by atoms with Crippen LogP contribution >= 0.6 is 0 Å². The predicted octanol–water partition coefficient (Wildman–Crippen LogP) is 3.72. The summed E-state index contributed by atoms with van der Waals surface area (Å²) in [6.07, 6.45) is 9.92. The summed E-state index contributed by atoms with van der Waals surface area (Å²) in [7, 11) is 0. The fraction of sp³-hybridized carbons (Fsp3) is 0.235. The molecular formula is C17H18N4O. The molecule has 0 aliphatic carbocycles. The summed E-state index contributed by atoms with van der Waals surface area (Å²) < 4.78 is 5.20. The molecule has 5 nitrogen and oxygen atoms in total. The van der Waals surface area contributed by atoms with E-state index in [1.807, 2.05) is 18.2 Å². The lowest BCUT2D eigenvalue weighted by molar-refractivity contribution is 0.568. The Bertz CT molecular complexity index is 739. The number of unbranched alkanes of at least 4 members (excludes halogenated alkanes) is 1. The summed E-state index contributed by atoms with van der Waals surface area (Å²) in [5.74, 6) is 0.260. The predicted molar refractivity (Wildman–Crippen MR) is 86.0 cm³/mol. The number of nitrogens with zero attached hydrogens (tertiary/aromatic N) is 3. The van der Waals surface area contributed by atoms with Crippen LogP contribution in [0.4, 0.5) is 5.95 Å². The zero-order valence-electron chi connectivity index (χ0n) is 12.5. The molecule has 0 radical (unpaired) electrons. The first-order valence-electron chi connectivity index (χ1n) is 7.39. The molecule has 3 aromatic rings. The van der Waals surface area contributed by atoms with Crippen LogP contribution in [0.3, 0.4) is 0 Å². The van der Waals surface area contributed by atoms with Crippen molar-refractivity contribution in [3.63, 3.8) is 0 Å². The third kappa shape index (κ3) is 2.83. The van der Waals surface area contributed by atoms with Gasteiger partial charge in [-0.25, -0.2) is 9.97 Å². The second-order valence-corrected chi connectivity index (χ2v) is 5.11. The van der Waals surface area contributed by atoms with Crippen molar-refractivity contribution in [2.45, 2.75) is 26.2 Å². The van der Waals surface area contributed by atoms with Crippen molar-refractivity contribution >= 4 is 5.95 Å². The van der Waals surface area contributed by atoms with Crippen molar-refractivity contribution < 1.29 is 4.42 Å². The van der Waals surface area contributed by atoms with Crippen LogP contribution in [-0.4, -0.2) is 15.0 Å². The molecule has 0 saturated carbocycles. The van der Waals surface area contributed by atoms with Crippen molar-refractivity contribution in [2.24, 2.45) is 0 Å². The van der Waals surface area contributed by atoms with Gasteiger partial charge in [-0.05, 0) is 31.0 Å². The molecule has 0 saturated heterocycles. The van der Waals surface area contributed by atoms with E-state index in [9.17, 15) is 0 Å². The lowest BCUT2D eigenvalue weighted by atomic mass is 9.98. The van der Waals surface area contributed by atoms with Crippen LogP contribution in [0.1, 0.15) is 25.3 Å². The topological polar surface area (TPSA) is 77.8 Å². The molecule has 3 aromatic heterocycles. The van der Waals surface area contributed by atoms with E-state index in [0.29, 0.717) is 0 Å². The van der Waals surface area contributed by atoms with Gasteiger partial charge in [0, 0.05) is 29.1 Å². The number of rotatable bonds is 5. The molecule has 0 spiro atoms. The minimum absolute atomic E-state index is 0.260. The molecular weight excluding hydrogens is 276 g/mol. The Morgan fingerprint density at radius 1 is 1.14 bits per heavy atom. The second kappa shape index (κ2) is 6.39. The third-order valence-electron chi connectivity index (χ3n) is 3.53. The van der Waals surface area contributed by atoms with E-state index in [1.165, 1.54) is 0 Å². The lowest BCUT2D eigenvalue weighted by Crippen LogP contribution is -2.05. The number of hydrogen-bond donors (Lipinski definition) is 1. The monoisotopic (exact) mass is 294 g/mol. The van der Waals surface area contributed by atoms with E-state index in [4.69, 9.17) is 10.2 Å². The molecule has 0 aliphatic rings. The number of nitrogens with two attached hydrogens (primary N) is 1. The van der Waals surface area contributed by atoms with Gasteiger partial charge in [0.15, 0.2) is 0 Å². The average molecular weight is 294 g/mol. The van der Waals surface area contributed by atoms with E-state index in [2.05, 4.69) is 21.9 Å². The van der Waals surface area contributed by atoms with Crippen molar-refractivity contribution in [3.8, 4) is 22.5 Å². The molecule has 2 N–H and O–H groups in total. The van der Waals surface area contributed by atoms with Gasteiger partial charge in [-0.15, -0.1) is 0 Å². The highest BCUT2D eigenvalue weighted by atomic mass is 16.3. The van der Waals surface area contributed by atoms with Gasteiger partial charge in [0.05, 0.1) is 23.9 Å². The van der Waals surface area contributed by atoms with Crippen LogP contribution < -0.4 is 5.73 Å². The molecule has 0 bridgehead atoms. The van der Waals surface area contributed by atoms with Crippen LogP contribution in [0.5, 0.6) is 0 Å². The lowest BCUT2D eigenvalue weighted by Gasteiger charge is -2.13. The van der Waals surface area contributed by atoms with E-state index < -0.39 is 0 Å². The molecule has 112 valence electrons. The van der Waals surface area contributed by atoms with Crippen molar-refractivity contribution in [1.29, 1.82) is 0 Å². The Kier molecular flexibility index (Phi) is 4.14. The maximum Gasteiger partial charge on any atom is 0.221 e. The summed E-state index contributed by atoms with van der Waals surface area (Å²) in [6, 6.07) is 5.78. The molecule has 5 heteroatoms. The number of anilines is 1. The van der Waals surface area contributed by atoms with E-state index in [1.54, 1.807) is 24.9 Å². The van der Waals surface area contributed by atoms with Crippen LogP contribution in [0.2, 0.25) is 0 Å². The summed E-state index contributed by atoms with van der Waals surface area (Å²) in [4.78, 5) is 13.1. The maximum atomic E-state index is 5.93. The van der Waals surface area contributed by atoms with Gasteiger partial charge < -0.3 is 10.2 Å². The van der Waals surface area contributed by atoms with Crippen molar-refractivity contribution in [2.75, 3.05) is 5.73 Å². The Balaban J connectivity index is 2.20. The SMILES string of the molecule is CCCCc1c(-c2cccnc2)nc(N)nc1-c1ccoc1. The van der Waals surface area contributed by atoms with E-state index in [-0.39, 0.29) is 5.95 Å². The van der Waals surface area contributed by atoms with Gasteiger partial charge in [-0.3, -0.25) is 4.98 Å². The zero-order valence-corrected chi connectivity index (χ0v) is 12.5. The highest BCUT2D eigenvalue weighted by Crippen LogP contribution is 2.31. The Morgan fingerprint density at radius 2 is 1.95 bits per heavy atom. The Morgan fingerprint density at radius 3 is 2.59 bits per heavy atom. The largest absolute Gasteiger partial charge is 0.472 e. The summed E-state index contributed by atoms with van der Waals surface area (Å²) in [5, 5.41) is 0. The molecule has 0 atom stereocenters. The molecule has 0 unspecified atom stereocenters. The number of furan rings is 1. The standard InChI is InChI=1S/C17H18N4O/c1-2-3-6-14-15(12-5-4-8-19-10-12)20-17(18)21-16(14)13-7-9-22-11-13/h4-5,7-11H,2-3,6H2,1H3,(H2,18,20,21). The van der Waals surface area contributed by atoms with Crippen LogP contribution in [0.25, 0.3) is 22.5 Å². The Labute approximate surface area is 129 Å². The van der Waals surface area contributed by atoms with Crippen molar-refractivity contribution in [1.82, 2.24) is 15.0 Å². The van der Waals surface area contributed by atoms with E-state index >= 15 is 0 Å².